The third-order valence-corrected chi connectivity index (χ3v) is 4.46. The Balaban J connectivity index is 1.84. The quantitative estimate of drug-likeness (QED) is 0.593. The third kappa shape index (κ3) is 2.97. The molecule has 4 aromatic rings. The van der Waals surface area contributed by atoms with Gasteiger partial charge >= 0.3 is 6.09 Å². The van der Waals surface area contributed by atoms with Gasteiger partial charge in [-0.1, -0.05) is 36.4 Å². The highest BCUT2D eigenvalue weighted by atomic mass is 16.5. The molecule has 2 aromatic heterocycles. The Kier molecular flexibility index (Phi) is 4.19. The van der Waals surface area contributed by atoms with E-state index in [2.05, 4.69) is 20.6 Å². The highest BCUT2D eigenvalue weighted by Gasteiger charge is 2.15. The fourth-order valence-electron chi connectivity index (χ4n) is 3.09. The molecule has 0 unspecified atom stereocenters. The summed E-state index contributed by atoms with van der Waals surface area (Å²) in [5.41, 5.74) is 4.00. The summed E-state index contributed by atoms with van der Waals surface area (Å²) in [6.07, 6.45) is -0.483. The first-order valence-electron chi connectivity index (χ1n) is 8.74. The van der Waals surface area contributed by atoms with Crippen LogP contribution in [0.3, 0.4) is 0 Å². The number of carbonyl (C=O) groups excluding carboxylic acids is 1. The number of hydrogen-bond donors (Lipinski definition) is 1. The highest BCUT2D eigenvalue weighted by molar-refractivity contribution is 5.95. The molecule has 27 heavy (non-hydrogen) atoms. The van der Waals surface area contributed by atoms with Crippen molar-refractivity contribution < 1.29 is 9.53 Å². The minimum atomic E-state index is -0.483. The number of aromatic nitrogens is 4. The Labute approximate surface area is 156 Å². The Morgan fingerprint density at radius 3 is 2.67 bits per heavy atom. The van der Waals surface area contributed by atoms with E-state index in [9.17, 15) is 4.79 Å². The van der Waals surface area contributed by atoms with Crippen molar-refractivity contribution in [1.82, 2.24) is 19.8 Å². The molecule has 0 aliphatic rings. The maximum absolute atomic E-state index is 11.8. The summed E-state index contributed by atoms with van der Waals surface area (Å²) in [4.78, 5) is 11.8. The molecule has 2 heterocycles. The summed E-state index contributed by atoms with van der Waals surface area (Å²) < 4.78 is 6.72. The molecular weight excluding hydrogens is 342 g/mol. The fraction of sp³-hybridized carbons (Fsp3) is 0.200. The van der Waals surface area contributed by atoms with E-state index in [0.717, 1.165) is 27.6 Å². The van der Waals surface area contributed by atoms with Crippen molar-refractivity contribution >= 4 is 28.2 Å². The molecule has 136 valence electrons. The van der Waals surface area contributed by atoms with E-state index < -0.39 is 6.09 Å². The van der Waals surface area contributed by atoms with Crippen LogP contribution in [0.25, 0.3) is 27.8 Å². The number of carbonyl (C=O) groups is 1. The van der Waals surface area contributed by atoms with E-state index in [1.54, 1.807) is 11.4 Å². The van der Waals surface area contributed by atoms with Crippen LogP contribution in [0.5, 0.6) is 0 Å². The van der Waals surface area contributed by atoms with Gasteiger partial charge in [-0.05, 0) is 32.4 Å². The van der Waals surface area contributed by atoms with Crippen LogP contribution in [0.1, 0.15) is 18.2 Å². The predicted octanol–water partition coefficient (Wildman–Crippen LogP) is 4.13. The smallest absolute Gasteiger partial charge is 0.411 e. The number of ether oxygens (including phenoxy) is 1. The summed E-state index contributed by atoms with van der Waals surface area (Å²) in [7, 11) is 0. The largest absolute Gasteiger partial charge is 0.450 e. The van der Waals surface area contributed by atoms with Gasteiger partial charge in [-0.3, -0.25) is 5.32 Å². The molecule has 1 N–H and O–H groups in total. The number of rotatable bonds is 3. The van der Waals surface area contributed by atoms with E-state index >= 15 is 0 Å². The Morgan fingerprint density at radius 1 is 1.11 bits per heavy atom. The van der Waals surface area contributed by atoms with Crippen LogP contribution in [0, 0.1) is 13.8 Å². The Hall–Kier alpha value is -3.48. The normalized spacial score (nSPS) is 11.1. The monoisotopic (exact) mass is 361 g/mol. The number of benzene rings is 2. The van der Waals surface area contributed by atoms with Crippen molar-refractivity contribution in [2.45, 2.75) is 20.8 Å². The lowest BCUT2D eigenvalue weighted by Crippen LogP contribution is -2.14. The molecule has 0 fully saturated rings. The zero-order valence-electron chi connectivity index (χ0n) is 15.4. The molecule has 0 atom stereocenters. The number of amides is 1. The average Bonchev–Trinajstić information content (AvgIpc) is 3.08. The summed E-state index contributed by atoms with van der Waals surface area (Å²) in [5.74, 6) is 0.616. The van der Waals surface area contributed by atoms with Gasteiger partial charge in [-0.25, -0.2) is 4.79 Å². The number of aryl methyl sites for hydroxylation is 2. The number of hydrogen-bond acceptors (Lipinski definition) is 5. The maximum atomic E-state index is 11.8. The van der Waals surface area contributed by atoms with Crippen molar-refractivity contribution in [3.63, 3.8) is 0 Å². The SMILES string of the molecule is CCOC(=O)Nc1cc(-c2nnc3c4ccccc4c(C)nn23)ccc1C. The van der Waals surface area contributed by atoms with Gasteiger partial charge in [0.2, 0.25) is 0 Å². The number of fused-ring (bicyclic) bond motifs is 3. The Morgan fingerprint density at radius 2 is 1.89 bits per heavy atom. The van der Waals surface area contributed by atoms with Crippen LogP contribution in [0.2, 0.25) is 0 Å². The first kappa shape index (κ1) is 17.0. The zero-order valence-corrected chi connectivity index (χ0v) is 15.4. The van der Waals surface area contributed by atoms with Gasteiger partial charge in [-0.15, -0.1) is 10.2 Å². The molecule has 0 radical (unpaired) electrons. The highest BCUT2D eigenvalue weighted by Crippen LogP contribution is 2.27. The predicted molar refractivity (Wildman–Crippen MR) is 104 cm³/mol. The van der Waals surface area contributed by atoms with Crippen LogP contribution in [-0.2, 0) is 4.74 Å². The van der Waals surface area contributed by atoms with Gasteiger partial charge in [0.25, 0.3) is 0 Å². The molecule has 0 saturated heterocycles. The minimum absolute atomic E-state index is 0.315. The van der Waals surface area contributed by atoms with Gasteiger partial charge in [0, 0.05) is 22.0 Å². The topological polar surface area (TPSA) is 81.4 Å². The van der Waals surface area contributed by atoms with Crippen LogP contribution >= 0.6 is 0 Å². The van der Waals surface area contributed by atoms with Crippen LogP contribution in [0.4, 0.5) is 10.5 Å². The van der Waals surface area contributed by atoms with Crippen molar-refractivity contribution in [2.24, 2.45) is 0 Å². The van der Waals surface area contributed by atoms with Crippen molar-refractivity contribution in [3.8, 4) is 11.4 Å². The molecular formula is C20H19N5O2. The molecule has 4 rings (SSSR count). The summed E-state index contributed by atoms with van der Waals surface area (Å²) in [6.45, 7) is 5.97. The van der Waals surface area contributed by atoms with Crippen LogP contribution < -0.4 is 5.32 Å². The zero-order chi connectivity index (χ0) is 19.0. The van der Waals surface area contributed by atoms with Gasteiger partial charge in [-0.2, -0.15) is 9.61 Å². The lowest BCUT2D eigenvalue weighted by atomic mass is 10.1. The molecule has 2 aromatic carbocycles. The Bertz CT molecular complexity index is 1170. The van der Waals surface area contributed by atoms with Gasteiger partial charge in [0.05, 0.1) is 12.3 Å². The van der Waals surface area contributed by atoms with E-state index in [1.165, 1.54) is 0 Å². The summed E-state index contributed by atoms with van der Waals surface area (Å²) >= 11 is 0. The lowest BCUT2D eigenvalue weighted by Gasteiger charge is -2.10. The van der Waals surface area contributed by atoms with E-state index in [0.29, 0.717) is 23.8 Å². The number of nitrogens with zero attached hydrogens (tertiary/aromatic N) is 4. The number of nitrogens with one attached hydrogen (secondary N) is 1. The molecule has 0 bridgehead atoms. The van der Waals surface area contributed by atoms with E-state index in [-0.39, 0.29) is 0 Å². The second-order valence-corrected chi connectivity index (χ2v) is 6.27. The second-order valence-electron chi connectivity index (χ2n) is 6.27. The second kappa shape index (κ2) is 6.68. The lowest BCUT2D eigenvalue weighted by molar-refractivity contribution is 0.168. The fourth-order valence-corrected chi connectivity index (χ4v) is 3.09. The minimum Gasteiger partial charge on any atom is -0.450 e. The summed E-state index contributed by atoms with van der Waals surface area (Å²) in [5, 5.41) is 18.2. The van der Waals surface area contributed by atoms with Gasteiger partial charge in [0.1, 0.15) is 0 Å². The molecule has 0 aliphatic carbocycles. The maximum Gasteiger partial charge on any atom is 0.411 e. The third-order valence-electron chi connectivity index (χ3n) is 4.46. The van der Waals surface area contributed by atoms with E-state index in [1.807, 2.05) is 56.3 Å². The van der Waals surface area contributed by atoms with Crippen molar-refractivity contribution in [3.05, 3.63) is 53.7 Å². The van der Waals surface area contributed by atoms with Gasteiger partial charge in [0.15, 0.2) is 11.5 Å². The van der Waals surface area contributed by atoms with Crippen LogP contribution in [0.15, 0.2) is 42.5 Å². The molecule has 0 spiro atoms. The van der Waals surface area contributed by atoms with Crippen LogP contribution in [-0.4, -0.2) is 32.5 Å². The molecule has 7 heteroatoms. The van der Waals surface area contributed by atoms with Crippen molar-refractivity contribution in [1.29, 1.82) is 0 Å². The first-order chi connectivity index (χ1) is 13.1. The standard InChI is InChI=1S/C20H19N5O2/c1-4-27-20(26)21-17-11-14(10-9-12(17)2)18-22-23-19-16-8-6-5-7-15(16)13(3)24-25(18)19/h5-11H,4H2,1-3H3,(H,21,26). The summed E-state index contributed by atoms with van der Waals surface area (Å²) in [6, 6.07) is 13.7. The molecule has 1 amide bonds. The average molecular weight is 361 g/mol. The van der Waals surface area contributed by atoms with Crippen molar-refractivity contribution in [2.75, 3.05) is 11.9 Å². The number of anilines is 1. The first-order valence-corrected chi connectivity index (χ1v) is 8.74. The van der Waals surface area contributed by atoms with E-state index in [4.69, 9.17) is 4.74 Å². The molecule has 0 saturated carbocycles. The molecule has 0 aliphatic heterocycles. The van der Waals surface area contributed by atoms with Gasteiger partial charge < -0.3 is 4.74 Å². The molecule has 7 nitrogen and oxygen atoms in total.